The van der Waals surface area contributed by atoms with E-state index in [2.05, 4.69) is 34.6 Å². The molecule has 7 nitrogen and oxygen atoms in total. The number of anilines is 1. The number of morpholine rings is 1. The van der Waals surface area contributed by atoms with E-state index in [0.717, 1.165) is 5.56 Å². The summed E-state index contributed by atoms with van der Waals surface area (Å²) in [5.74, 6) is 0.661. The number of hydrogen-bond acceptors (Lipinski definition) is 6. The highest BCUT2D eigenvalue weighted by Gasteiger charge is 2.28. The van der Waals surface area contributed by atoms with E-state index in [1.807, 2.05) is 42.5 Å². The number of benzene rings is 2. The lowest BCUT2D eigenvalue weighted by molar-refractivity contribution is 0.0730. The Morgan fingerprint density at radius 1 is 1.00 bits per heavy atom. The molecule has 1 aromatic heterocycles. The van der Waals surface area contributed by atoms with Gasteiger partial charge in [-0.15, -0.1) is 10.2 Å². The fourth-order valence-electron chi connectivity index (χ4n) is 3.57. The van der Waals surface area contributed by atoms with Crippen LogP contribution >= 0.6 is 0 Å². The van der Waals surface area contributed by atoms with Crippen molar-refractivity contribution in [2.45, 2.75) is 24.8 Å². The standard InChI is InChI=1S/C23H26N4O3S/c1-17-8-9-20(16-22(17)31(28,29)27-12-14-30-15-13-27)21-10-11-23(26-25-21)24-18(2)19-6-4-3-5-7-19/h3-11,16,18H,12-15H2,1-2H3,(H,24,26)/t18-/m0/s1. The maximum atomic E-state index is 13.1. The van der Waals surface area contributed by atoms with Gasteiger partial charge in [0, 0.05) is 24.7 Å². The molecule has 1 fully saturated rings. The van der Waals surface area contributed by atoms with Crippen molar-refractivity contribution in [1.29, 1.82) is 0 Å². The Labute approximate surface area is 183 Å². The van der Waals surface area contributed by atoms with Crippen molar-refractivity contribution >= 4 is 15.8 Å². The average Bonchev–Trinajstić information content (AvgIpc) is 2.81. The van der Waals surface area contributed by atoms with Gasteiger partial charge in [0.25, 0.3) is 0 Å². The first-order chi connectivity index (χ1) is 14.9. The number of rotatable bonds is 6. The predicted octanol–water partition coefficient (Wildman–Crippen LogP) is 3.65. The van der Waals surface area contributed by atoms with E-state index in [9.17, 15) is 8.42 Å². The molecule has 1 aliphatic heterocycles. The zero-order valence-corrected chi connectivity index (χ0v) is 18.5. The summed E-state index contributed by atoms with van der Waals surface area (Å²) in [5, 5.41) is 11.9. The van der Waals surface area contributed by atoms with E-state index in [1.54, 1.807) is 13.0 Å². The Kier molecular flexibility index (Phi) is 6.31. The molecule has 1 aliphatic rings. The topological polar surface area (TPSA) is 84.4 Å². The Morgan fingerprint density at radius 2 is 1.74 bits per heavy atom. The van der Waals surface area contributed by atoms with Crippen LogP contribution in [0.4, 0.5) is 5.82 Å². The zero-order valence-electron chi connectivity index (χ0n) is 17.7. The molecule has 2 heterocycles. The van der Waals surface area contributed by atoms with Crippen LogP contribution in [0.25, 0.3) is 11.3 Å². The highest BCUT2D eigenvalue weighted by atomic mass is 32.2. The highest BCUT2D eigenvalue weighted by Crippen LogP contribution is 2.27. The fraction of sp³-hybridized carbons (Fsp3) is 0.304. The first-order valence-electron chi connectivity index (χ1n) is 10.3. The third-order valence-electron chi connectivity index (χ3n) is 5.40. The zero-order chi connectivity index (χ0) is 21.8. The molecule has 0 amide bonds. The van der Waals surface area contributed by atoms with E-state index in [-0.39, 0.29) is 6.04 Å². The van der Waals surface area contributed by atoms with Crippen LogP contribution in [0.2, 0.25) is 0 Å². The lowest BCUT2D eigenvalue weighted by Crippen LogP contribution is -2.40. The van der Waals surface area contributed by atoms with E-state index < -0.39 is 10.0 Å². The molecule has 1 atom stereocenters. The van der Waals surface area contributed by atoms with Gasteiger partial charge >= 0.3 is 0 Å². The maximum absolute atomic E-state index is 13.1. The van der Waals surface area contributed by atoms with Gasteiger partial charge in [-0.25, -0.2) is 8.42 Å². The lowest BCUT2D eigenvalue weighted by atomic mass is 10.1. The number of sulfonamides is 1. The number of aryl methyl sites for hydroxylation is 1. The van der Waals surface area contributed by atoms with E-state index in [4.69, 9.17) is 4.74 Å². The quantitative estimate of drug-likeness (QED) is 0.632. The van der Waals surface area contributed by atoms with Crippen molar-refractivity contribution in [3.8, 4) is 11.3 Å². The molecule has 162 valence electrons. The van der Waals surface area contributed by atoms with Crippen LogP contribution < -0.4 is 5.32 Å². The smallest absolute Gasteiger partial charge is 0.243 e. The summed E-state index contributed by atoms with van der Waals surface area (Å²) in [6.07, 6.45) is 0. The van der Waals surface area contributed by atoms with Crippen molar-refractivity contribution in [2.75, 3.05) is 31.6 Å². The Balaban J connectivity index is 1.55. The van der Waals surface area contributed by atoms with Crippen molar-refractivity contribution in [2.24, 2.45) is 0 Å². The second-order valence-electron chi connectivity index (χ2n) is 7.58. The molecule has 1 saturated heterocycles. The van der Waals surface area contributed by atoms with Gasteiger partial charge in [0.2, 0.25) is 10.0 Å². The second-order valence-corrected chi connectivity index (χ2v) is 9.48. The van der Waals surface area contributed by atoms with E-state index in [0.29, 0.717) is 53.8 Å². The monoisotopic (exact) mass is 438 g/mol. The third-order valence-corrected chi connectivity index (χ3v) is 7.44. The summed E-state index contributed by atoms with van der Waals surface area (Å²) in [6.45, 7) is 5.44. The molecule has 0 aliphatic carbocycles. The number of aromatic nitrogens is 2. The summed E-state index contributed by atoms with van der Waals surface area (Å²) < 4.78 is 33.0. The molecular formula is C23H26N4O3S. The van der Waals surface area contributed by atoms with Gasteiger partial charge in [0.1, 0.15) is 5.82 Å². The van der Waals surface area contributed by atoms with Crippen molar-refractivity contribution in [3.63, 3.8) is 0 Å². The molecule has 0 unspecified atom stereocenters. The summed E-state index contributed by atoms with van der Waals surface area (Å²) in [6, 6.07) is 19.3. The summed E-state index contributed by atoms with van der Waals surface area (Å²) >= 11 is 0. The first-order valence-corrected chi connectivity index (χ1v) is 11.7. The van der Waals surface area contributed by atoms with Gasteiger partial charge in [-0.3, -0.25) is 0 Å². The second kappa shape index (κ2) is 9.13. The molecule has 4 rings (SSSR count). The lowest BCUT2D eigenvalue weighted by Gasteiger charge is -2.26. The van der Waals surface area contributed by atoms with Crippen LogP contribution in [0.5, 0.6) is 0 Å². The van der Waals surface area contributed by atoms with Crippen molar-refractivity contribution in [3.05, 3.63) is 71.8 Å². The summed E-state index contributed by atoms with van der Waals surface area (Å²) in [5.41, 5.74) is 3.20. The molecule has 2 aromatic carbocycles. The number of nitrogens with one attached hydrogen (secondary N) is 1. The Bertz CT molecular complexity index is 1130. The van der Waals surface area contributed by atoms with Crippen LogP contribution in [-0.4, -0.2) is 49.2 Å². The predicted molar refractivity (Wildman–Crippen MR) is 120 cm³/mol. The maximum Gasteiger partial charge on any atom is 0.243 e. The van der Waals surface area contributed by atoms with Gasteiger partial charge in [-0.1, -0.05) is 42.5 Å². The van der Waals surface area contributed by atoms with E-state index >= 15 is 0 Å². The van der Waals surface area contributed by atoms with Gasteiger partial charge in [-0.05, 0) is 43.2 Å². The molecule has 0 bridgehead atoms. The SMILES string of the molecule is Cc1ccc(-c2ccc(N[C@@H](C)c3ccccc3)nn2)cc1S(=O)(=O)N1CCOCC1. The summed E-state index contributed by atoms with van der Waals surface area (Å²) in [7, 11) is -3.59. The minimum Gasteiger partial charge on any atom is -0.379 e. The highest BCUT2D eigenvalue weighted by molar-refractivity contribution is 7.89. The number of nitrogens with zero attached hydrogens (tertiary/aromatic N) is 3. The molecule has 0 spiro atoms. The molecule has 8 heteroatoms. The Hall–Kier alpha value is -2.81. The molecule has 0 radical (unpaired) electrons. The van der Waals surface area contributed by atoms with Crippen LogP contribution in [0.3, 0.4) is 0 Å². The van der Waals surface area contributed by atoms with Gasteiger partial charge < -0.3 is 10.1 Å². The van der Waals surface area contributed by atoms with Crippen molar-refractivity contribution in [1.82, 2.24) is 14.5 Å². The third kappa shape index (κ3) is 4.76. The summed E-state index contributed by atoms with van der Waals surface area (Å²) in [4.78, 5) is 0.300. The minimum absolute atomic E-state index is 0.0889. The first kappa shape index (κ1) is 21.4. The normalized spacial score (nSPS) is 16.1. The van der Waals surface area contributed by atoms with Crippen LogP contribution in [0.1, 0.15) is 24.1 Å². The fourth-order valence-corrected chi connectivity index (χ4v) is 5.23. The molecule has 31 heavy (non-hydrogen) atoms. The van der Waals surface area contributed by atoms with Crippen LogP contribution in [0.15, 0.2) is 65.6 Å². The van der Waals surface area contributed by atoms with Crippen LogP contribution in [0, 0.1) is 6.92 Å². The molecular weight excluding hydrogens is 412 g/mol. The number of ether oxygens (including phenoxy) is 1. The van der Waals surface area contributed by atoms with Gasteiger partial charge in [0.15, 0.2) is 0 Å². The number of hydrogen-bond donors (Lipinski definition) is 1. The molecule has 1 N–H and O–H groups in total. The van der Waals surface area contributed by atoms with Gasteiger partial charge in [0.05, 0.1) is 23.8 Å². The minimum atomic E-state index is -3.59. The van der Waals surface area contributed by atoms with Gasteiger partial charge in [-0.2, -0.15) is 4.31 Å². The molecule has 0 saturated carbocycles. The average molecular weight is 439 g/mol. The van der Waals surface area contributed by atoms with Crippen molar-refractivity contribution < 1.29 is 13.2 Å². The van der Waals surface area contributed by atoms with E-state index in [1.165, 1.54) is 4.31 Å². The largest absolute Gasteiger partial charge is 0.379 e. The molecule has 3 aromatic rings. The Morgan fingerprint density at radius 3 is 2.42 bits per heavy atom. The van der Waals surface area contributed by atoms with Crippen LogP contribution in [-0.2, 0) is 14.8 Å².